The maximum Gasteiger partial charge on any atom is 0.0113 e. The molecule has 0 aliphatic carbocycles. The van der Waals surface area contributed by atoms with E-state index in [9.17, 15) is 0 Å². The lowest BCUT2D eigenvalue weighted by molar-refractivity contribution is 0.108. The van der Waals surface area contributed by atoms with Crippen LogP contribution in [0.3, 0.4) is 0 Å². The highest BCUT2D eigenvalue weighted by Crippen LogP contribution is 2.06. The average molecular weight is 194 g/mol. The molecule has 0 amide bonds. The molecule has 2 heteroatoms. The monoisotopic (exact) mass is 194 g/mol. The SMILES string of the molecule is C#CCCCN1CCN(C(C)C)CC1. The van der Waals surface area contributed by atoms with Gasteiger partial charge < -0.3 is 4.90 Å². The van der Waals surface area contributed by atoms with E-state index in [0.29, 0.717) is 6.04 Å². The molecule has 0 atom stereocenters. The second kappa shape index (κ2) is 6.06. The van der Waals surface area contributed by atoms with E-state index in [1.165, 1.54) is 32.7 Å². The van der Waals surface area contributed by atoms with Crippen molar-refractivity contribution in [3.05, 3.63) is 0 Å². The number of nitrogens with zero attached hydrogens (tertiary/aromatic N) is 2. The highest BCUT2D eigenvalue weighted by atomic mass is 15.3. The normalized spacial score (nSPS) is 19.9. The standard InChI is InChI=1S/C12H22N2/c1-4-5-6-7-13-8-10-14(11-9-13)12(2)3/h1,12H,5-11H2,2-3H3. The van der Waals surface area contributed by atoms with Crippen molar-refractivity contribution in [2.45, 2.75) is 32.7 Å². The summed E-state index contributed by atoms with van der Waals surface area (Å²) in [4.78, 5) is 5.06. The van der Waals surface area contributed by atoms with Gasteiger partial charge in [0.25, 0.3) is 0 Å². The first-order chi connectivity index (χ1) is 6.74. The molecule has 1 heterocycles. The number of piperazine rings is 1. The quantitative estimate of drug-likeness (QED) is 0.493. The predicted molar refractivity (Wildman–Crippen MR) is 61.2 cm³/mol. The minimum absolute atomic E-state index is 0.697. The molecule has 0 aromatic rings. The molecule has 0 N–H and O–H groups in total. The van der Waals surface area contributed by atoms with Crippen LogP contribution in [0.1, 0.15) is 26.7 Å². The maximum absolute atomic E-state index is 5.23. The molecule has 0 spiro atoms. The van der Waals surface area contributed by atoms with E-state index in [1.54, 1.807) is 0 Å². The Morgan fingerprint density at radius 1 is 1.21 bits per heavy atom. The van der Waals surface area contributed by atoms with E-state index in [-0.39, 0.29) is 0 Å². The first kappa shape index (κ1) is 11.6. The van der Waals surface area contributed by atoms with Gasteiger partial charge in [0.2, 0.25) is 0 Å². The molecule has 2 nitrogen and oxygen atoms in total. The zero-order chi connectivity index (χ0) is 10.4. The van der Waals surface area contributed by atoms with Crippen LogP contribution in [0, 0.1) is 12.3 Å². The number of hydrogen-bond donors (Lipinski definition) is 0. The summed E-state index contributed by atoms with van der Waals surface area (Å²) in [7, 11) is 0. The molecular weight excluding hydrogens is 172 g/mol. The lowest BCUT2D eigenvalue weighted by atomic mass is 10.2. The molecule has 0 bridgehead atoms. The van der Waals surface area contributed by atoms with Crippen LogP contribution in [0.2, 0.25) is 0 Å². The van der Waals surface area contributed by atoms with Crippen LogP contribution in [-0.4, -0.2) is 48.6 Å². The fourth-order valence-corrected chi connectivity index (χ4v) is 1.91. The van der Waals surface area contributed by atoms with Gasteiger partial charge in [-0.1, -0.05) is 0 Å². The van der Waals surface area contributed by atoms with E-state index in [4.69, 9.17) is 6.42 Å². The molecule has 1 aliphatic rings. The first-order valence-electron chi connectivity index (χ1n) is 5.64. The molecule has 0 aromatic carbocycles. The van der Waals surface area contributed by atoms with E-state index in [2.05, 4.69) is 29.6 Å². The van der Waals surface area contributed by atoms with Crippen molar-refractivity contribution in [1.29, 1.82) is 0 Å². The highest BCUT2D eigenvalue weighted by molar-refractivity contribution is 4.84. The number of unbranched alkanes of at least 4 members (excludes halogenated alkanes) is 1. The Bertz CT molecular complexity index is 185. The summed E-state index contributed by atoms with van der Waals surface area (Å²) in [6, 6.07) is 0.697. The van der Waals surface area contributed by atoms with Crippen LogP contribution >= 0.6 is 0 Å². The van der Waals surface area contributed by atoms with Crippen LogP contribution in [0.25, 0.3) is 0 Å². The summed E-state index contributed by atoms with van der Waals surface area (Å²) in [5, 5.41) is 0. The van der Waals surface area contributed by atoms with E-state index >= 15 is 0 Å². The van der Waals surface area contributed by atoms with Gasteiger partial charge in [-0.25, -0.2) is 0 Å². The summed E-state index contributed by atoms with van der Waals surface area (Å²) in [6.45, 7) is 10.6. The van der Waals surface area contributed by atoms with Crippen molar-refractivity contribution in [2.24, 2.45) is 0 Å². The fourth-order valence-electron chi connectivity index (χ4n) is 1.91. The van der Waals surface area contributed by atoms with Crippen LogP contribution in [0.4, 0.5) is 0 Å². The van der Waals surface area contributed by atoms with Gasteiger partial charge >= 0.3 is 0 Å². The van der Waals surface area contributed by atoms with Crippen LogP contribution in [-0.2, 0) is 0 Å². The maximum atomic E-state index is 5.23. The average Bonchev–Trinajstić information content (AvgIpc) is 2.19. The second-order valence-corrected chi connectivity index (χ2v) is 4.28. The van der Waals surface area contributed by atoms with E-state index in [0.717, 1.165) is 12.8 Å². The molecule has 0 aromatic heterocycles. The smallest absolute Gasteiger partial charge is 0.0113 e. The number of rotatable bonds is 4. The van der Waals surface area contributed by atoms with Gasteiger partial charge in [-0.15, -0.1) is 12.3 Å². The summed E-state index contributed by atoms with van der Waals surface area (Å²) in [6.07, 6.45) is 7.30. The lowest BCUT2D eigenvalue weighted by Crippen LogP contribution is -2.48. The minimum Gasteiger partial charge on any atom is -0.301 e. The van der Waals surface area contributed by atoms with Crippen molar-refractivity contribution < 1.29 is 0 Å². The Morgan fingerprint density at radius 3 is 2.36 bits per heavy atom. The van der Waals surface area contributed by atoms with Crippen molar-refractivity contribution in [1.82, 2.24) is 9.80 Å². The Kier molecular flexibility index (Phi) is 5.00. The molecule has 1 rings (SSSR count). The molecule has 0 saturated carbocycles. The lowest BCUT2D eigenvalue weighted by Gasteiger charge is -2.36. The summed E-state index contributed by atoms with van der Waals surface area (Å²) >= 11 is 0. The van der Waals surface area contributed by atoms with Crippen molar-refractivity contribution in [2.75, 3.05) is 32.7 Å². The molecule has 1 fully saturated rings. The zero-order valence-corrected chi connectivity index (χ0v) is 9.50. The largest absolute Gasteiger partial charge is 0.301 e. The third kappa shape index (κ3) is 3.69. The topological polar surface area (TPSA) is 6.48 Å². The van der Waals surface area contributed by atoms with Crippen molar-refractivity contribution in [3.8, 4) is 12.3 Å². The van der Waals surface area contributed by atoms with Gasteiger partial charge in [0.1, 0.15) is 0 Å². The fraction of sp³-hybridized carbons (Fsp3) is 0.833. The Balaban J connectivity index is 2.13. The Labute approximate surface area is 88.3 Å². The number of hydrogen-bond acceptors (Lipinski definition) is 2. The van der Waals surface area contributed by atoms with Crippen LogP contribution in [0.15, 0.2) is 0 Å². The molecule has 1 saturated heterocycles. The molecule has 0 radical (unpaired) electrons. The molecule has 14 heavy (non-hydrogen) atoms. The van der Waals surface area contributed by atoms with Gasteiger partial charge in [-0.2, -0.15) is 0 Å². The summed E-state index contributed by atoms with van der Waals surface area (Å²) in [5.41, 5.74) is 0. The van der Waals surface area contributed by atoms with Crippen molar-refractivity contribution in [3.63, 3.8) is 0 Å². The van der Waals surface area contributed by atoms with Crippen LogP contribution < -0.4 is 0 Å². The zero-order valence-electron chi connectivity index (χ0n) is 9.50. The molecule has 80 valence electrons. The highest BCUT2D eigenvalue weighted by Gasteiger charge is 2.17. The van der Waals surface area contributed by atoms with Crippen LogP contribution in [0.5, 0.6) is 0 Å². The van der Waals surface area contributed by atoms with Gasteiger partial charge in [0.15, 0.2) is 0 Å². The molecule has 1 aliphatic heterocycles. The predicted octanol–water partition coefficient (Wildman–Crippen LogP) is 1.43. The molecule has 0 unspecified atom stereocenters. The van der Waals surface area contributed by atoms with Crippen molar-refractivity contribution >= 4 is 0 Å². The van der Waals surface area contributed by atoms with Gasteiger partial charge in [-0.3, -0.25) is 4.90 Å². The van der Waals surface area contributed by atoms with Gasteiger partial charge in [0.05, 0.1) is 0 Å². The summed E-state index contributed by atoms with van der Waals surface area (Å²) in [5.74, 6) is 2.70. The second-order valence-electron chi connectivity index (χ2n) is 4.28. The summed E-state index contributed by atoms with van der Waals surface area (Å²) < 4.78 is 0. The Hall–Kier alpha value is -0.520. The minimum atomic E-state index is 0.697. The van der Waals surface area contributed by atoms with E-state index in [1.807, 2.05) is 0 Å². The Morgan fingerprint density at radius 2 is 1.86 bits per heavy atom. The first-order valence-corrected chi connectivity index (χ1v) is 5.64. The third-order valence-electron chi connectivity index (χ3n) is 2.93. The van der Waals surface area contributed by atoms with Gasteiger partial charge in [-0.05, 0) is 26.8 Å². The van der Waals surface area contributed by atoms with E-state index < -0.39 is 0 Å². The van der Waals surface area contributed by atoms with Gasteiger partial charge in [0, 0.05) is 38.6 Å². The number of terminal acetylenes is 1. The molecular formula is C12H22N2. The third-order valence-corrected chi connectivity index (χ3v) is 2.93.